The molecule has 1 aliphatic heterocycles. The highest BCUT2D eigenvalue weighted by Crippen LogP contribution is 2.38. The van der Waals surface area contributed by atoms with Crippen molar-refractivity contribution in [2.45, 2.75) is 76.6 Å². The quantitative estimate of drug-likeness (QED) is 0.118. The van der Waals surface area contributed by atoms with Gasteiger partial charge in [0.25, 0.3) is 0 Å². The molecule has 3 atom stereocenters. The molecule has 2 aromatic carbocycles. The number of carbonyl (C=O) groups is 2. The van der Waals surface area contributed by atoms with Crippen LogP contribution in [0.15, 0.2) is 48.5 Å². The molecule has 0 aliphatic carbocycles. The van der Waals surface area contributed by atoms with E-state index >= 15 is 0 Å². The number of aliphatic hydroxyl groups is 2. The van der Waals surface area contributed by atoms with Crippen molar-refractivity contribution < 1.29 is 34.5 Å². The van der Waals surface area contributed by atoms with Crippen LogP contribution in [0.3, 0.4) is 0 Å². The molecule has 1 aliphatic rings. The standard InChI is InChI=1S/C29H40N2O7S/c32-15-16-39-20-25-17-26(23-11-9-22(19-33)10-12-23)38-29(37-25)24-13-7-21(8-14-24)18-30-27(34)5-3-1-2-4-6-28(35)31-36/h7-14,25-26,29,32-33,36H,1-6,15-20H2,(H,30,34)(H,31,35)/t25-,26+,29+/m0/s1. The molecule has 0 saturated carbocycles. The highest BCUT2D eigenvalue weighted by atomic mass is 32.2. The van der Waals surface area contributed by atoms with Gasteiger partial charge in [0.05, 0.1) is 25.4 Å². The van der Waals surface area contributed by atoms with Gasteiger partial charge in [-0.1, -0.05) is 61.4 Å². The third-order valence-electron chi connectivity index (χ3n) is 6.58. The van der Waals surface area contributed by atoms with Crippen LogP contribution < -0.4 is 10.8 Å². The average Bonchev–Trinajstić information content (AvgIpc) is 2.98. The second-order valence-electron chi connectivity index (χ2n) is 9.62. The smallest absolute Gasteiger partial charge is 0.243 e. The van der Waals surface area contributed by atoms with Crippen LogP contribution in [-0.2, 0) is 32.2 Å². The maximum absolute atomic E-state index is 12.2. The number of thioether (sulfide) groups is 1. The van der Waals surface area contributed by atoms with Gasteiger partial charge in [0.1, 0.15) is 0 Å². The predicted octanol–water partition coefficient (Wildman–Crippen LogP) is 3.91. The summed E-state index contributed by atoms with van der Waals surface area (Å²) in [4.78, 5) is 23.2. The van der Waals surface area contributed by atoms with Gasteiger partial charge < -0.3 is 25.0 Å². The zero-order valence-corrected chi connectivity index (χ0v) is 23.0. The summed E-state index contributed by atoms with van der Waals surface area (Å²) >= 11 is 1.65. The molecule has 5 N–H and O–H groups in total. The Hall–Kier alpha value is -2.47. The topological polar surface area (TPSA) is 137 Å². The number of hydrogen-bond acceptors (Lipinski definition) is 8. The van der Waals surface area contributed by atoms with Gasteiger partial charge in [-0.25, -0.2) is 5.48 Å². The number of aliphatic hydroxyl groups excluding tert-OH is 2. The molecule has 10 heteroatoms. The lowest BCUT2D eigenvalue weighted by molar-refractivity contribution is -0.245. The lowest BCUT2D eigenvalue weighted by Gasteiger charge is -2.36. The minimum atomic E-state index is -0.534. The van der Waals surface area contributed by atoms with E-state index in [0.29, 0.717) is 31.6 Å². The van der Waals surface area contributed by atoms with E-state index in [-0.39, 0.29) is 43.7 Å². The van der Waals surface area contributed by atoms with E-state index < -0.39 is 6.29 Å². The molecular formula is C29H40N2O7S. The molecule has 2 aromatic rings. The first-order chi connectivity index (χ1) is 19.0. The van der Waals surface area contributed by atoms with Gasteiger partial charge in [-0.05, 0) is 29.5 Å². The van der Waals surface area contributed by atoms with Crippen molar-refractivity contribution >= 4 is 23.6 Å². The summed E-state index contributed by atoms with van der Waals surface area (Å²) in [6, 6.07) is 15.6. The summed E-state index contributed by atoms with van der Waals surface area (Å²) < 4.78 is 12.6. The Morgan fingerprint density at radius 2 is 1.49 bits per heavy atom. The van der Waals surface area contributed by atoms with E-state index in [1.165, 1.54) is 0 Å². The number of hydroxylamine groups is 1. The molecule has 9 nitrogen and oxygen atoms in total. The fraction of sp³-hybridized carbons (Fsp3) is 0.517. The monoisotopic (exact) mass is 560 g/mol. The van der Waals surface area contributed by atoms with Gasteiger partial charge in [0.15, 0.2) is 6.29 Å². The van der Waals surface area contributed by atoms with Gasteiger partial charge in [0.2, 0.25) is 11.8 Å². The fourth-order valence-electron chi connectivity index (χ4n) is 4.36. The molecule has 2 amide bonds. The number of unbranched alkanes of at least 4 members (excludes halogenated alkanes) is 3. The van der Waals surface area contributed by atoms with Gasteiger partial charge in [-0.15, -0.1) is 0 Å². The maximum atomic E-state index is 12.2. The first-order valence-electron chi connectivity index (χ1n) is 13.5. The molecule has 1 fully saturated rings. The number of carbonyl (C=O) groups excluding carboxylic acids is 2. The SMILES string of the molecule is O=C(CCCCCCC(=O)NCc1ccc([C@@H]2O[C@H](CSCCO)C[C@H](c3ccc(CO)cc3)O2)cc1)NO. The second-order valence-corrected chi connectivity index (χ2v) is 10.8. The summed E-state index contributed by atoms with van der Waals surface area (Å²) in [5.41, 5.74) is 5.38. The molecule has 3 rings (SSSR count). The number of amides is 2. The van der Waals surface area contributed by atoms with Crippen molar-refractivity contribution in [2.75, 3.05) is 18.1 Å². The van der Waals surface area contributed by atoms with E-state index in [1.807, 2.05) is 48.5 Å². The largest absolute Gasteiger partial charge is 0.396 e. The van der Waals surface area contributed by atoms with Gasteiger partial charge in [0, 0.05) is 42.9 Å². The Labute approximate surface area is 234 Å². The Balaban J connectivity index is 1.49. The van der Waals surface area contributed by atoms with Gasteiger partial charge in [-0.2, -0.15) is 11.8 Å². The van der Waals surface area contributed by atoms with Crippen LogP contribution in [-0.4, -0.2) is 51.5 Å². The first kappa shape index (κ1) is 31.1. The molecule has 214 valence electrons. The zero-order valence-electron chi connectivity index (χ0n) is 22.2. The second kappa shape index (κ2) is 17.3. The number of rotatable bonds is 16. The lowest BCUT2D eigenvalue weighted by atomic mass is 10.0. The lowest BCUT2D eigenvalue weighted by Crippen LogP contribution is -2.31. The van der Waals surface area contributed by atoms with E-state index in [2.05, 4.69) is 5.32 Å². The van der Waals surface area contributed by atoms with Crippen LogP contribution in [0.2, 0.25) is 0 Å². The summed E-state index contributed by atoms with van der Waals surface area (Å²) in [6.45, 7) is 0.563. The van der Waals surface area contributed by atoms with Gasteiger partial charge in [-0.3, -0.25) is 14.8 Å². The van der Waals surface area contributed by atoms with Crippen molar-refractivity contribution in [1.82, 2.24) is 10.8 Å². The molecule has 0 unspecified atom stereocenters. The minimum absolute atomic E-state index is 0.00183. The number of hydrogen-bond donors (Lipinski definition) is 5. The maximum Gasteiger partial charge on any atom is 0.243 e. The number of benzene rings is 2. The first-order valence-corrected chi connectivity index (χ1v) is 14.7. The van der Waals surface area contributed by atoms with Crippen molar-refractivity contribution in [3.63, 3.8) is 0 Å². The summed E-state index contributed by atoms with van der Waals surface area (Å²) in [5.74, 6) is 1.02. The molecule has 1 heterocycles. The van der Waals surface area contributed by atoms with E-state index in [4.69, 9.17) is 19.8 Å². The van der Waals surface area contributed by atoms with Crippen molar-refractivity contribution in [1.29, 1.82) is 0 Å². The fourth-order valence-corrected chi connectivity index (χ4v) is 5.14. The van der Waals surface area contributed by atoms with E-state index in [1.54, 1.807) is 17.2 Å². The summed E-state index contributed by atoms with van der Waals surface area (Å²) in [6.07, 6.45) is 3.84. The molecule has 0 aromatic heterocycles. The van der Waals surface area contributed by atoms with Crippen LogP contribution in [0.25, 0.3) is 0 Å². The van der Waals surface area contributed by atoms with Crippen LogP contribution in [0.1, 0.15) is 79.6 Å². The minimum Gasteiger partial charge on any atom is -0.396 e. The number of nitrogens with one attached hydrogen (secondary N) is 2. The Morgan fingerprint density at radius 1 is 0.846 bits per heavy atom. The molecule has 0 radical (unpaired) electrons. The highest BCUT2D eigenvalue weighted by Gasteiger charge is 2.32. The predicted molar refractivity (Wildman–Crippen MR) is 149 cm³/mol. The van der Waals surface area contributed by atoms with Crippen LogP contribution >= 0.6 is 11.8 Å². The Kier molecular flexibility index (Phi) is 13.8. The van der Waals surface area contributed by atoms with Crippen molar-refractivity contribution in [3.05, 3.63) is 70.8 Å². The summed E-state index contributed by atoms with van der Waals surface area (Å²) in [7, 11) is 0. The van der Waals surface area contributed by atoms with E-state index in [9.17, 15) is 14.7 Å². The van der Waals surface area contributed by atoms with Crippen LogP contribution in [0.5, 0.6) is 0 Å². The Morgan fingerprint density at radius 3 is 2.13 bits per heavy atom. The normalized spacial score (nSPS) is 19.0. The molecule has 0 spiro atoms. The van der Waals surface area contributed by atoms with Crippen LogP contribution in [0.4, 0.5) is 0 Å². The molecular weight excluding hydrogens is 520 g/mol. The average molecular weight is 561 g/mol. The van der Waals surface area contributed by atoms with E-state index in [0.717, 1.165) is 47.3 Å². The third kappa shape index (κ3) is 10.9. The Bertz CT molecular complexity index is 1000. The number of ether oxygens (including phenoxy) is 2. The van der Waals surface area contributed by atoms with Crippen LogP contribution in [0, 0.1) is 0 Å². The third-order valence-corrected chi connectivity index (χ3v) is 7.66. The molecule has 39 heavy (non-hydrogen) atoms. The summed E-state index contributed by atoms with van der Waals surface area (Å²) in [5, 5.41) is 29.9. The van der Waals surface area contributed by atoms with Crippen molar-refractivity contribution in [3.8, 4) is 0 Å². The zero-order chi connectivity index (χ0) is 27.9. The van der Waals surface area contributed by atoms with Gasteiger partial charge >= 0.3 is 0 Å². The molecule has 0 bridgehead atoms. The highest BCUT2D eigenvalue weighted by molar-refractivity contribution is 7.99. The molecule has 1 saturated heterocycles. The van der Waals surface area contributed by atoms with Crippen molar-refractivity contribution in [2.24, 2.45) is 0 Å².